The van der Waals surface area contributed by atoms with Crippen LogP contribution < -0.4 is 15.0 Å². The number of aryl methyl sites for hydroxylation is 1. The third-order valence-electron chi connectivity index (χ3n) is 4.33. The van der Waals surface area contributed by atoms with Gasteiger partial charge >= 0.3 is 0 Å². The predicted molar refractivity (Wildman–Crippen MR) is 105 cm³/mol. The number of hydrogen-bond acceptors (Lipinski definition) is 6. The Bertz CT molecular complexity index is 685. The number of ether oxygens (including phenoxy) is 1. The van der Waals surface area contributed by atoms with E-state index in [1.54, 1.807) is 11.3 Å². The van der Waals surface area contributed by atoms with Gasteiger partial charge in [-0.15, -0.1) is 11.3 Å². The van der Waals surface area contributed by atoms with E-state index in [0.29, 0.717) is 19.7 Å². The third-order valence-corrected chi connectivity index (χ3v) is 5.16. The molecule has 1 amide bonds. The van der Waals surface area contributed by atoms with Crippen LogP contribution in [-0.2, 0) is 4.79 Å². The van der Waals surface area contributed by atoms with Gasteiger partial charge in [-0.25, -0.2) is 4.98 Å². The van der Waals surface area contributed by atoms with Gasteiger partial charge in [0.2, 0.25) is 5.91 Å². The minimum atomic E-state index is 0.0863. The second-order valence-electron chi connectivity index (χ2n) is 6.45. The maximum atomic E-state index is 12.1. The van der Waals surface area contributed by atoms with Crippen molar-refractivity contribution in [2.24, 2.45) is 0 Å². The minimum absolute atomic E-state index is 0.0863. The number of aromatic nitrogens is 1. The van der Waals surface area contributed by atoms with Gasteiger partial charge in [0.05, 0.1) is 13.2 Å². The molecule has 26 heavy (non-hydrogen) atoms. The normalized spacial score (nSPS) is 15.0. The molecule has 1 aliphatic rings. The minimum Gasteiger partial charge on any atom is -0.494 e. The van der Waals surface area contributed by atoms with Gasteiger partial charge in [-0.3, -0.25) is 9.69 Å². The van der Waals surface area contributed by atoms with Gasteiger partial charge < -0.3 is 15.0 Å². The lowest BCUT2D eigenvalue weighted by molar-refractivity contribution is -0.122. The molecule has 1 aromatic carbocycles. The summed E-state index contributed by atoms with van der Waals surface area (Å²) in [7, 11) is 0. The highest BCUT2D eigenvalue weighted by Gasteiger charge is 2.20. The summed E-state index contributed by atoms with van der Waals surface area (Å²) in [5.41, 5.74) is 1.19. The molecule has 1 aliphatic heterocycles. The van der Waals surface area contributed by atoms with E-state index in [0.717, 1.165) is 43.5 Å². The lowest BCUT2D eigenvalue weighted by Crippen LogP contribution is -2.49. The number of nitrogens with one attached hydrogen (secondary N) is 1. The first kappa shape index (κ1) is 18.7. The SMILES string of the molecule is Cc1cccc(OCCCNC(=O)CN2CCN(c3nccs3)CC2)c1. The summed E-state index contributed by atoms with van der Waals surface area (Å²) in [4.78, 5) is 20.9. The zero-order valence-corrected chi connectivity index (χ0v) is 16.0. The van der Waals surface area contributed by atoms with E-state index in [4.69, 9.17) is 4.74 Å². The number of carbonyl (C=O) groups excluding carboxylic acids is 1. The first-order valence-electron chi connectivity index (χ1n) is 9.04. The number of anilines is 1. The van der Waals surface area contributed by atoms with Crippen LogP contribution in [0.5, 0.6) is 5.75 Å². The molecule has 6 nitrogen and oxygen atoms in total. The molecule has 1 fully saturated rings. The molecular weight excluding hydrogens is 348 g/mol. The molecule has 140 valence electrons. The zero-order chi connectivity index (χ0) is 18.2. The van der Waals surface area contributed by atoms with E-state index in [-0.39, 0.29) is 5.91 Å². The fourth-order valence-electron chi connectivity index (χ4n) is 2.92. The Balaban J connectivity index is 1.26. The largest absolute Gasteiger partial charge is 0.494 e. The van der Waals surface area contributed by atoms with Crippen molar-refractivity contribution in [1.82, 2.24) is 15.2 Å². The fraction of sp³-hybridized carbons (Fsp3) is 0.474. The second-order valence-corrected chi connectivity index (χ2v) is 7.32. The van der Waals surface area contributed by atoms with Crippen LogP contribution in [0.15, 0.2) is 35.8 Å². The van der Waals surface area contributed by atoms with Crippen LogP contribution >= 0.6 is 11.3 Å². The maximum absolute atomic E-state index is 12.1. The van der Waals surface area contributed by atoms with E-state index >= 15 is 0 Å². The molecule has 3 rings (SSSR count). The average molecular weight is 375 g/mol. The van der Waals surface area contributed by atoms with Crippen LogP contribution in [0.3, 0.4) is 0 Å². The van der Waals surface area contributed by atoms with E-state index in [1.807, 2.05) is 42.8 Å². The van der Waals surface area contributed by atoms with Crippen LogP contribution in [0.2, 0.25) is 0 Å². The van der Waals surface area contributed by atoms with Gasteiger partial charge in [-0.2, -0.15) is 0 Å². The van der Waals surface area contributed by atoms with Gasteiger partial charge in [0, 0.05) is 44.3 Å². The van der Waals surface area contributed by atoms with Crippen molar-refractivity contribution in [1.29, 1.82) is 0 Å². The third kappa shape index (κ3) is 5.71. The molecular formula is C19H26N4O2S. The summed E-state index contributed by atoms with van der Waals surface area (Å²) in [6.45, 7) is 7.39. The number of carbonyl (C=O) groups is 1. The van der Waals surface area contributed by atoms with Gasteiger partial charge in [-0.05, 0) is 31.0 Å². The average Bonchev–Trinajstić information content (AvgIpc) is 3.17. The Morgan fingerprint density at radius 2 is 2.15 bits per heavy atom. The molecule has 1 saturated heterocycles. The Labute approximate surface area is 158 Å². The first-order chi connectivity index (χ1) is 12.7. The zero-order valence-electron chi connectivity index (χ0n) is 15.2. The Morgan fingerprint density at radius 1 is 1.31 bits per heavy atom. The molecule has 0 saturated carbocycles. The summed E-state index contributed by atoms with van der Waals surface area (Å²) >= 11 is 1.66. The van der Waals surface area contributed by atoms with Crippen molar-refractivity contribution in [3.63, 3.8) is 0 Å². The van der Waals surface area contributed by atoms with Crippen molar-refractivity contribution in [3.05, 3.63) is 41.4 Å². The van der Waals surface area contributed by atoms with Crippen LogP contribution in [0.1, 0.15) is 12.0 Å². The van der Waals surface area contributed by atoms with E-state index in [1.165, 1.54) is 5.56 Å². The first-order valence-corrected chi connectivity index (χ1v) is 9.91. The predicted octanol–water partition coefficient (Wildman–Crippen LogP) is 2.16. The molecule has 0 spiro atoms. The summed E-state index contributed by atoms with van der Waals surface area (Å²) in [5, 5.41) is 6.05. The maximum Gasteiger partial charge on any atom is 0.234 e. The van der Waals surface area contributed by atoms with Crippen LogP contribution in [0, 0.1) is 6.92 Å². The van der Waals surface area contributed by atoms with Crippen molar-refractivity contribution in [2.45, 2.75) is 13.3 Å². The lowest BCUT2D eigenvalue weighted by atomic mass is 10.2. The topological polar surface area (TPSA) is 57.7 Å². The van der Waals surface area contributed by atoms with Crippen LogP contribution in [0.4, 0.5) is 5.13 Å². The van der Waals surface area contributed by atoms with Gasteiger partial charge in [0.1, 0.15) is 5.75 Å². The van der Waals surface area contributed by atoms with Crippen LogP contribution in [0.25, 0.3) is 0 Å². The summed E-state index contributed by atoms with van der Waals surface area (Å²) in [6.07, 6.45) is 2.64. The molecule has 0 bridgehead atoms. The van der Waals surface area contributed by atoms with Gasteiger partial charge in [0.15, 0.2) is 5.13 Å². The van der Waals surface area contributed by atoms with Gasteiger partial charge in [-0.1, -0.05) is 12.1 Å². The highest BCUT2D eigenvalue weighted by atomic mass is 32.1. The monoisotopic (exact) mass is 374 g/mol. The summed E-state index contributed by atoms with van der Waals surface area (Å²) in [5.74, 6) is 0.970. The number of amides is 1. The Hall–Kier alpha value is -2.12. The number of thiazole rings is 1. The fourth-order valence-corrected chi connectivity index (χ4v) is 3.62. The molecule has 0 radical (unpaired) electrons. The van der Waals surface area contributed by atoms with Crippen molar-refractivity contribution in [3.8, 4) is 5.75 Å². The summed E-state index contributed by atoms with van der Waals surface area (Å²) < 4.78 is 5.69. The highest BCUT2D eigenvalue weighted by molar-refractivity contribution is 7.13. The number of piperazine rings is 1. The van der Waals surface area contributed by atoms with Crippen LogP contribution in [-0.4, -0.2) is 61.7 Å². The highest BCUT2D eigenvalue weighted by Crippen LogP contribution is 2.18. The standard InChI is InChI=1S/C19H26N4O2S/c1-16-4-2-5-17(14-16)25-12-3-6-20-18(24)15-22-8-10-23(11-9-22)19-21-7-13-26-19/h2,4-5,7,13-14H,3,6,8-12,15H2,1H3,(H,20,24). The smallest absolute Gasteiger partial charge is 0.234 e. The van der Waals surface area contributed by atoms with E-state index < -0.39 is 0 Å². The molecule has 0 unspecified atom stereocenters. The molecule has 7 heteroatoms. The number of nitrogens with zero attached hydrogens (tertiary/aromatic N) is 3. The summed E-state index contributed by atoms with van der Waals surface area (Å²) in [6, 6.07) is 8.01. The second kappa shape index (κ2) is 9.54. The Morgan fingerprint density at radius 3 is 2.88 bits per heavy atom. The van der Waals surface area contributed by atoms with Crippen molar-refractivity contribution >= 4 is 22.4 Å². The molecule has 0 atom stereocenters. The quantitative estimate of drug-likeness (QED) is 0.718. The Kier molecular flexibility index (Phi) is 6.85. The molecule has 0 aliphatic carbocycles. The van der Waals surface area contributed by atoms with E-state index in [2.05, 4.69) is 20.1 Å². The van der Waals surface area contributed by atoms with Gasteiger partial charge in [0.25, 0.3) is 0 Å². The van der Waals surface area contributed by atoms with Crippen molar-refractivity contribution < 1.29 is 9.53 Å². The van der Waals surface area contributed by atoms with Crippen molar-refractivity contribution in [2.75, 3.05) is 50.8 Å². The lowest BCUT2D eigenvalue weighted by Gasteiger charge is -2.34. The number of rotatable bonds is 8. The molecule has 2 heterocycles. The molecule has 1 N–H and O–H groups in total. The number of benzene rings is 1. The number of hydrogen-bond donors (Lipinski definition) is 1. The molecule has 2 aromatic rings. The van der Waals surface area contributed by atoms with E-state index in [9.17, 15) is 4.79 Å². The molecule has 1 aromatic heterocycles.